The van der Waals surface area contributed by atoms with Gasteiger partial charge in [-0.1, -0.05) is 5.57 Å². The van der Waals surface area contributed by atoms with E-state index in [1.807, 2.05) is 0 Å². The molecule has 1 saturated heterocycles. The number of fused-ring (bicyclic) bond motifs is 1. The van der Waals surface area contributed by atoms with Crippen molar-refractivity contribution in [1.29, 1.82) is 0 Å². The molecule has 2 aliphatic heterocycles. The Labute approximate surface area is 97.6 Å². The predicted octanol–water partition coefficient (Wildman–Crippen LogP) is -0.403. The minimum absolute atomic E-state index is 0.111. The van der Waals surface area contributed by atoms with E-state index in [4.69, 9.17) is 14.9 Å². The zero-order chi connectivity index (χ0) is 12.7. The predicted molar refractivity (Wildman–Crippen MR) is 56.6 cm³/mol. The van der Waals surface area contributed by atoms with Crippen molar-refractivity contribution in [3.63, 3.8) is 0 Å². The normalized spacial score (nSPS) is 31.1. The molecule has 2 aliphatic rings. The molecule has 0 aromatic carbocycles. The van der Waals surface area contributed by atoms with Crippen molar-refractivity contribution in [2.24, 2.45) is 4.99 Å². The van der Waals surface area contributed by atoms with Gasteiger partial charge in [0.15, 0.2) is 0 Å². The van der Waals surface area contributed by atoms with Crippen molar-refractivity contribution in [3.8, 4) is 0 Å². The number of aliphatic hydroxyl groups is 1. The van der Waals surface area contributed by atoms with Gasteiger partial charge in [0.1, 0.15) is 12.6 Å². The van der Waals surface area contributed by atoms with Crippen LogP contribution in [0, 0.1) is 0 Å². The van der Waals surface area contributed by atoms with Crippen molar-refractivity contribution < 1.29 is 25.0 Å². The smallest absolute Gasteiger partial charge is 0.333 e. The van der Waals surface area contributed by atoms with Gasteiger partial charge < -0.3 is 20.2 Å². The summed E-state index contributed by atoms with van der Waals surface area (Å²) in [6.45, 7) is 2.97. The first-order chi connectivity index (χ1) is 7.97. The van der Waals surface area contributed by atoms with Crippen LogP contribution < -0.4 is 0 Å². The molecule has 1 fully saturated rings. The number of ether oxygens (including phenoxy) is 1. The van der Waals surface area contributed by atoms with E-state index in [1.54, 1.807) is 13.8 Å². The molecule has 0 spiro atoms. The lowest BCUT2D eigenvalue weighted by molar-refractivity contribution is -0.275. The Morgan fingerprint density at radius 2 is 2.18 bits per heavy atom. The molecule has 7 heteroatoms. The lowest BCUT2D eigenvalue weighted by Crippen LogP contribution is -2.65. The van der Waals surface area contributed by atoms with Gasteiger partial charge in [-0.3, -0.25) is 0 Å². The number of hydrogen-bond acceptors (Lipinski definition) is 6. The van der Waals surface area contributed by atoms with E-state index in [0.717, 1.165) is 5.06 Å². The standard InChI is InChI=1S/C10H14N2O5/c1-4(2)6(10(14)15)8-7-9(12(8)16)17-5(3-13)11-7/h7-9,13,16H,3H2,1-2H3,(H,14,15). The molecular weight excluding hydrogens is 228 g/mol. The Bertz CT molecular complexity index is 413. The second kappa shape index (κ2) is 4.10. The van der Waals surface area contributed by atoms with Crippen molar-refractivity contribution >= 4 is 11.9 Å². The number of allylic oxidation sites excluding steroid dienone is 1. The van der Waals surface area contributed by atoms with Gasteiger partial charge in [-0.05, 0) is 13.8 Å². The molecule has 0 radical (unpaired) electrons. The van der Waals surface area contributed by atoms with Gasteiger partial charge in [0, 0.05) is 0 Å². The van der Waals surface area contributed by atoms with Crippen LogP contribution in [-0.2, 0) is 9.53 Å². The lowest BCUT2D eigenvalue weighted by atomic mass is 9.88. The van der Waals surface area contributed by atoms with E-state index in [0.29, 0.717) is 5.57 Å². The summed E-state index contributed by atoms with van der Waals surface area (Å²) in [7, 11) is 0. The van der Waals surface area contributed by atoms with Crippen LogP contribution in [0.3, 0.4) is 0 Å². The van der Waals surface area contributed by atoms with Crippen LogP contribution in [0.5, 0.6) is 0 Å². The number of aliphatic hydroxyl groups excluding tert-OH is 1. The third-order valence-electron chi connectivity index (χ3n) is 2.91. The van der Waals surface area contributed by atoms with Crippen LogP contribution in [0.2, 0.25) is 0 Å². The van der Waals surface area contributed by atoms with Gasteiger partial charge in [-0.25, -0.2) is 9.79 Å². The monoisotopic (exact) mass is 242 g/mol. The third kappa shape index (κ3) is 1.72. The molecule has 2 heterocycles. The van der Waals surface area contributed by atoms with Crippen molar-refractivity contribution in [3.05, 3.63) is 11.1 Å². The summed E-state index contributed by atoms with van der Waals surface area (Å²) >= 11 is 0. The molecule has 0 amide bonds. The topological polar surface area (TPSA) is 103 Å². The maximum atomic E-state index is 11.1. The molecule has 0 bridgehead atoms. The summed E-state index contributed by atoms with van der Waals surface area (Å²) in [6, 6.07) is -1.19. The number of nitrogens with zero attached hydrogens (tertiary/aromatic N) is 2. The number of carbonyl (C=O) groups is 1. The number of carboxylic acid groups (broad SMARTS) is 1. The van der Waals surface area contributed by atoms with Crippen LogP contribution in [0.4, 0.5) is 0 Å². The van der Waals surface area contributed by atoms with E-state index in [-0.39, 0.29) is 18.1 Å². The van der Waals surface area contributed by atoms with Crippen LogP contribution in [0.1, 0.15) is 13.8 Å². The average molecular weight is 242 g/mol. The lowest BCUT2D eigenvalue weighted by Gasteiger charge is -2.44. The minimum atomic E-state index is -1.08. The van der Waals surface area contributed by atoms with Gasteiger partial charge >= 0.3 is 5.97 Å². The summed E-state index contributed by atoms with van der Waals surface area (Å²) in [5.74, 6) is -0.958. The fourth-order valence-corrected chi connectivity index (χ4v) is 2.14. The molecule has 94 valence electrons. The maximum absolute atomic E-state index is 11.1. The van der Waals surface area contributed by atoms with Gasteiger partial charge in [-0.15, -0.1) is 5.06 Å². The Balaban J connectivity index is 2.27. The van der Waals surface area contributed by atoms with Gasteiger partial charge in [0.25, 0.3) is 0 Å². The van der Waals surface area contributed by atoms with E-state index in [1.165, 1.54) is 0 Å². The highest BCUT2D eigenvalue weighted by Crippen LogP contribution is 2.37. The number of carboxylic acids is 1. The first kappa shape index (κ1) is 12.0. The van der Waals surface area contributed by atoms with Crippen LogP contribution in [0.15, 0.2) is 16.1 Å². The van der Waals surface area contributed by atoms with E-state index in [2.05, 4.69) is 4.99 Å². The van der Waals surface area contributed by atoms with Crippen LogP contribution in [-0.4, -0.2) is 57.3 Å². The zero-order valence-electron chi connectivity index (χ0n) is 9.49. The third-order valence-corrected chi connectivity index (χ3v) is 2.91. The molecule has 3 unspecified atom stereocenters. The van der Waals surface area contributed by atoms with Crippen molar-refractivity contribution in [2.45, 2.75) is 32.2 Å². The second-order valence-electron chi connectivity index (χ2n) is 4.22. The number of aliphatic imine (C=N–C) groups is 1. The Morgan fingerprint density at radius 3 is 2.65 bits per heavy atom. The van der Waals surface area contributed by atoms with Gasteiger partial charge in [0.05, 0.1) is 11.6 Å². The molecule has 7 nitrogen and oxygen atoms in total. The van der Waals surface area contributed by atoms with E-state index in [9.17, 15) is 10.0 Å². The zero-order valence-corrected chi connectivity index (χ0v) is 9.49. The number of rotatable bonds is 3. The molecule has 2 rings (SSSR count). The average Bonchev–Trinajstić information content (AvgIpc) is 2.63. The first-order valence-electron chi connectivity index (χ1n) is 5.19. The SMILES string of the molecule is CC(C)=C(C(=O)O)C1C2N=C(CO)OC2N1O. The summed E-state index contributed by atoms with van der Waals surface area (Å²) in [6.07, 6.45) is -0.684. The Morgan fingerprint density at radius 1 is 1.53 bits per heavy atom. The molecule has 3 atom stereocenters. The highest BCUT2D eigenvalue weighted by molar-refractivity contribution is 5.90. The maximum Gasteiger partial charge on any atom is 0.333 e. The van der Waals surface area contributed by atoms with Gasteiger partial charge in [-0.2, -0.15) is 0 Å². The molecular formula is C10H14N2O5. The summed E-state index contributed by atoms with van der Waals surface area (Å²) in [5.41, 5.74) is 0.716. The molecule has 0 aliphatic carbocycles. The highest BCUT2D eigenvalue weighted by Gasteiger charge is 2.57. The summed E-state index contributed by atoms with van der Waals surface area (Å²) in [5, 5.41) is 28.5. The molecule has 3 N–H and O–H groups in total. The van der Waals surface area contributed by atoms with E-state index >= 15 is 0 Å². The molecule has 0 aromatic rings. The van der Waals surface area contributed by atoms with Gasteiger partial charge in [0.2, 0.25) is 12.1 Å². The van der Waals surface area contributed by atoms with Crippen LogP contribution in [0.25, 0.3) is 0 Å². The largest absolute Gasteiger partial charge is 0.478 e. The first-order valence-corrected chi connectivity index (χ1v) is 5.19. The summed E-state index contributed by atoms with van der Waals surface area (Å²) < 4.78 is 5.12. The number of aliphatic carboxylic acids is 1. The van der Waals surface area contributed by atoms with E-state index < -0.39 is 24.3 Å². The van der Waals surface area contributed by atoms with Crippen molar-refractivity contribution in [1.82, 2.24) is 5.06 Å². The van der Waals surface area contributed by atoms with Crippen LogP contribution >= 0.6 is 0 Å². The molecule has 0 aromatic heterocycles. The fraction of sp³-hybridized carbons (Fsp3) is 0.600. The fourth-order valence-electron chi connectivity index (χ4n) is 2.14. The second-order valence-corrected chi connectivity index (χ2v) is 4.22. The Kier molecular flexibility index (Phi) is 2.90. The molecule has 0 saturated carbocycles. The number of hydroxylamine groups is 2. The molecule has 17 heavy (non-hydrogen) atoms. The Hall–Kier alpha value is -1.44. The highest BCUT2D eigenvalue weighted by atomic mass is 16.6. The number of hydrogen-bond donors (Lipinski definition) is 3. The van der Waals surface area contributed by atoms with Crippen molar-refractivity contribution in [2.75, 3.05) is 6.61 Å². The minimum Gasteiger partial charge on any atom is -0.478 e. The summed E-state index contributed by atoms with van der Waals surface area (Å²) in [4.78, 5) is 15.2. The quantitative estimate of drug-likeness (QED) is 0.582.